The van der Waals surface area contributed by atoms with Crippen LogP contribution in [-0.2, 0) is 0 Å². The molecule has 0 aromatic heterocycles. The zero-order chi connectivity index (χ0) is 12.6. The van der Waals surface area contributed by atoms with Crippen LogP contribution in [0.4, 0.5) is 0 Å². The van der Waals surface area contributed by atoms with Gasteiger partial charge in [0, 0.05) is 6.61 Å². The number of aliphatic hydroxyl groups is 2. The second-order valence-corrected chi connectivity index (χ2v) is 5.87. The maximum absolute atomic E-state index is 9.96. The van der Waals surface area contributed by atoms with E-state index in [-0.39, 0.29) is 12.7 Å². The molecule has 0 amide bonds. The fourth-order valence-corrected chi connectivity index (χ4v) is 3.50. The van der Waals surface area contributed by atoms with E-state index in [4.69, 9.17) is 0 Å². The van der Waals surface area contributed by atoms with Crippen LogP contribution in [0, 0.1) is 23.7 Å². The lowest BCUT2D eigenvalue weighted by atomic mass is 9.62. The molecule has 17 heavy (non-hydrogen) atoms. The predicted octanol–water partition coefficient (Wildman–Crippen LogP) is 2.52. The van der Waals surface area contributed by atoms with Crippen molar-refractivity contribution in [2.75, 3.05) is 6.61 Å². The van der Waals surface area contributed by atoms with Crippen LogP contribution in [0.15, 0.2) is 23.8 Å². The highest BCUT2D eigenvalue weighted by Gasteiger charge is 2.39. The van der Waals surface area contributed by atoms with Crippen LogP contribution in [0.3, 0.4) is 0 Å². The SMILES string of the molecule is C=C1CC[C@@H]([C@H](C)CO)[C@@H]2C=C(C)[C@H](O)C[C@@H]12. The maximum Gasteiger partial charge on any atom is 0.0753 e. The Kier molecular flexibility index (Phi) is 3.74. The molecule has 96 valence electrons. The first-order chi connectivity index (χ1) is 8.04. The highest BCUT2D eigenvalue weighted by Crippen LogP contribution is 2.47. The minimum atomic E-state index is -0.295. The third-order valence-electron chi connectivity index (χ3n) is 4.76. The minimum absolute atomic E-state index is 0.260. The van der Waals surface area contributed by atoms with Crippen LogP contribution >= 0.6 is 0 Å². The average Bonchev–Trinajstić information content (AvgIpc) is 2.31. The molecule has 0 saturated heterocycles. The summed E-state index contributed by atoms with van der Waals surface area (Å²) in [5.41, 5.74) is 2.38. The van der Waals surface area contributed by atoms with Gasteiger partial charge >= 0.3 is 0 Å². The van der Waals surface area contributed by atoms with Crippen LogP contribution < -0.4 is 0 Å². The molecule has 0 spiro atoms. The van der Waals surface area contributed by atoms with Crippen molar-refractivity contribution in [2.24, 2.45) is 23.7 Å². The summed E-state index contributed by atoms with van der Waals surface area (Å²) in [6.45, 7) is 8.58. The minimum Gasteiger partial charge on any atom is -0.396 e. The van der Waals surface area contributed by atoms with E-state index in [0.29, 0.717) is 23.7 Å². The van der Waals surface area contributed by atoms with Gasteiger partial charge in [0.1, 0.15) is 0 Å². The average molecular weight is 236 g/mol. The van der Waals surface area contributed by atoms with Crippen LogP contribution in [0.2, 0.25) is 0 Å². The molecule has 2 rings (SSSR count). The van der Waals surface area contributed by atoms with Crippen molar-refractivity contribution in [3.05, 3.63) is 23.8 Å². The van der Waals surface area contributed by atoms with Gasteiger partial charge in [0.2, 0.25) is 0 Å². The summed E-state index contributed by atoms with van der Waals surface area (Å²) in [6.07, 6.45) is 4.94. The Morgan fingerprint density at radius 2 is 2.24 bits per heavy atom. The van der Waals surface area contributed by atoms with Gasteiger partial charge < -0.3 is 10.2 Å². The standard InChI is InChI=1S/C15H24O2/c1-9-4-5-12(11(3)8-16)14-6-10(2)15(17)7-13(9)14/h6,11-17H,1,4-5,7-8H2,2-3H3/t11-,12+,13+,14+,15-/m1/s1. The van der Waals surface area contributed by atoms with Crippen molar-refractivity contribution in [2.45, 2.75) is 39.2 Å². The van der Waals surface area contributed by atoms with Crippen LogP contribution in [0.5, 0.6) is 0 Å². The number of allylic oxidation sites excluding steroid dienone is 2. The summed E-state index contributed by atoms with van der Waals surface area (Å²) in [4.78, 5) is 0. The molecule has 0 aromatic carbocycles. The van der Waals surface area contributed by atoms with Gasteiger partial charge in [0.15, 0.2) is 0 Å². The highest BCUT2D eigenvalue weighted by molar-refractivity contribution is 5.22. The molecule has 0 bridgehead atoms. The smallest absolute Gasteiger partial charge is 0.0753 e. The molecule has 0 heterocycles. The van der Waals surface area contributed by atoms with E-state index in [1.54, 1.807) is 0 Å². The van der Waals surface area contributed by atoms with Crippen molar-refractivity contribution in [1.82, 2.24) is 0 Å². The Morgan fingerprint density at radius 1 is 1.53 bits per heavy atom. The number of aliphatic hydroxyl groups excluding tert-OH is 2. The predicted molar refractivity (Wildman–Crippen MR) is 69.5 cm³/mol. The van der Waals surface area contributed by atoms with E-state index in [1.165, 1.54) is 5.57 Å². The third-order valence-corrected chi connectivity index (χ3v) is 4.76. The second kappa shape index (κ2) is 4.95. The lowest BCUT2D eigenvalue weighted by Gasteiger charge is -2.44. The van der Waals surface area contributed by atoms with Crippen molar-refractivity contribution in [3.63, 3.8) is 0 Å². The van der Waals surface area contributed by atoms with Gasteiger partial charge in [-0.25, -0.2) is 0 Å². The summed E-state index contributed by atoms with van der Waals surface area (Å²) in [5.74, 6) is 1.77. The highest BCUT2D eigenvalue weighted by atomic mass is 16.3. The van der Waals surface area contributed by atoms with Gasteiger partial charge in [0.25, 0.3) is 0 Å². The monoisotopic (exact) mass is 236 g/mol. The molecule has 0 radical (unpaired) electrons. The molecule has 2 aliphatic rings. The molecule has 2 N–H and O–H groups in total. The Balaban J connectivity index is 2.26. The van der Waals surface area contributed by atoms with Crippen molar-refractivity contribution >= 4 is 0 Å². The molecule has 1 fully saturated rings. The van der Waals surface area contributed by atoms with Gasteiger partial charge in [-0.1, -0.05) is 25.2 Å². The first-order valence-corrected chi connectivity index (χ1v) is 6.69. The quantitative estimate of drug-likeness (QED) is 0.723. The zero-order valence-electron chi connectivity index (χ0n) is 10.9. The summed E-state index contributed by atoms with van der Waals surface area (Å²) >= 11 is 0. The van der Waals surface area contributed by atoms with E-state index >= 15 is 0 Å². The van der Waals surface area contributed by atoms with E-state index in [0.717, 1.165) is 24.8 Å². The lowest BCUT2D eigenvalue weighted by molar-refractivity contribution is 0.0847. The lowest BCUT2D eigenvalue weighted by Crippen LogP contribution is -2.38. The van der Waals surface area contributed by atoms with Gasteiger partial charge in [-0.05, 0) is 55.4 Å². The van der Waals surface area contributed by atoms with E-state index in [2.05, 4.69) is 19.6 Å². The summed E-state index contributed by atoms with van der Waals surface area (Å²) in [6, 6.07) is 0. The number of fused-ring (bicyclic) bond motifs is 1. The summed E-state index contributed by atoms with van der Waals surface area (Å²) < 4.78 is 0. The topological polar surface area (TPSA) is 40.5 Å². The Hall–Kier alpha value is -0.600. The largest absolute Gasteiger partial charge is 0.396 e. The van der Waals surface area contributed by atoms with E-state index < -0.39 is 0 Å². The molecule has 5 atom stereocenters. The van der Waals surface area contributed by atoms with E-state index in [1.807, 2.05) is 6.92 Å². The summed E-state index contributed by atoms with van der Waals surface area (Å²) in [5, 5.41) is 19.3. The normalized spacial score (nSPS) is 39.5. The zero-order valence-corrected chi connectivity index (χ0v) is 10.9. The number of hydrogen-bond donors (Lipinski definition) is 2. The molecule has 2 aliphatic carbocycles. The van der Waals surface area contributed by atoms with Crippen LogP contribution in [-0.4, -0.2) is 22.9 Å². The van der Waals surface area contributed by atoms with Gasteiger partial charge in [0.05, 0.1) is 6.10 Å². The number of hydrogen-bond acceptors (Lipinski definition) is 2. The Bertz CT molecular complexity index is 332. The first kappa shape index (κ1) is 12.8. The van der Waals surface area contributed by atoms with E-state index in [9.17, 15) is 10.2 Å². The fourth-order valence-electron chi connectivity index (χ4n) is 3.50. The fraction of sp³-hybridized carbons (Fsp3) is 0.733. The van der Waals surface area contributed by atoms with Crippen LogP contribution in [0.25, 0.3) is 0 Å². The maximum atomic E-state index is 9.96. The van der Waals surface area contributed by atoms with Crippen molar-refractivity contribution in [1.29, 1.82) is 0 Å². The molecule has 0 aromatic rings. The molecular weight excluding hydrogens is 212 g/mol. The Morgan fingerprint density at radius 3 is 2.88 bits per heavy atom. The molecule has 0 unspecified atom stereocenters. The molecule has 2 heteroatoms. The molecular formula is C15H24O2. The summed E-state index contributed by atoms with van der Waals surface area (Å²) in [7, 11) is 0. The van der Waals surface area contributed by atoms with Gasteiger partial charge in [-0.3, -0.25) is 0 Å². The molecule has 1 saturated carbocycles. The Labute approximate surface area is 104 Å². The second-order valence-electron chi connectivity index (χ2n) is 5.87. The van der Waals surface area contributed by atoms with Crippen molar-refractivity contribution < 1.29 is 10.2 Å². The molecule has 0 aliphatic heterocycles. The third kappa shape index (κ3) is 2.34. The van der Waals surface area contributed by atoms with Crippen molar-refractivity contribution in [3.8, 4) is 0 Å². The van der Waals surface area contributed by atoms with Gasteiger partial charge in [-0.2, -0.15) is 0 Å². The number of rotatable bonds is 2. The van der Waals surface area contributed by atoms with Crippen LogP contribution in [0.1, 0.15) is 33.1 Å². The molecule has 2 nitrogen and oxygen atoms in total. The first-order valence-electron chi connectivity index (χ1n) is 6.69. The van der Waals surface area contributed by atoms with Gasteiger partial charge in [-0.15, -0.1) is 0 Å².